The van der Waals surface area contributed by atoms with E-state index >= 15 is 0 Å². The third kappa shape index (κ3) is 3.29. The van der Waals surface area contributed by atoms with Gasteiger partial charge in [0.15, 0.2) is 0 Å². The van der Waals surface area contributed by atoms with Crippen LogP contribution in [0.15, 0.2) is 18.2 Å². The van der Waals surface area contributed by atoms with E-state index in [2.05, 4.69) is 0 Å². The van der Waals surface area contributed by atoms with Crippen molar-refractivity contribution in [1.82, 2.24) is 0 Å². The molecule has 0 aliphatic heterocycles. The molecule has 0 heterocycles. The van der Waals surface area contributed by atoms with E-state index in [1.54, 1.807) is 0 Å². The van der Waals surface area contributed by atoms with Gasteiger partial charge in [0.25, 0.3) is 0 Å². The summed E-state index contributed by atoms with van der Waals surface area (Å²) in [5.41, 5.74) is 3.38. The minimum absolute atomic E-state index is 0.161. The van der Waals surface area contributed by atoms with Crippen LogP contribution in [0.5, 0.6) is 0 Å². The maximum atomic E-state index is 12.6. The molecule has 0 aliphatic carbocycles. The van der Waals surface area contributed by atoms with Crippen molar-refractivity contribution >= 4 is 11.6 Å². The second-order valence-electron chi connectivity index (χ2n) is 3.41. The van der Waals surface area contributed by atoms with Gasteiger partial charge in [-0.1, -0.05) is 17.7 Å². The lowest BCUT2D eigenvalue weighted by molar-refractivity contribution is -0.138. The van der Waals surface area contributed by atoms with Crippen molar-refractivity contribution in [1.29, 1.82) is 0 Å². The lowest BCUT2D eigenvalue weighted by Crippen LogP contribution is -2.23. The molecule has 0 aromatic heterocycles. The van der Waals surface area contributed by atoms with Crippen molar-refractivity contribution in [3.05, 3.63) is 34.3 Å². The van der Waals surface area contributed by atoms with Crippen molar-refractivity contribution in [2.75, 3.05) is 6.54 Å². The lowest BCUT2D eigenvalue weighted by Gasteiger charge is -2.20. The molecule has 0 amide bonds. The Bertz CT molecular complexity index is 391. The first-order valence-corrected chi connectivity index (χ1v) is 5.00. The molecule has 0 radical (unpaired) electrons. The first-order chi connectivity index (χ1) is 7.77. The van der Waals surface area contributed by atoms with Crippen molar-refractivity contribution in [3.63, 3.8) is 0 Å². The summed E-state index contributed by atoms with van der Waals surface area (Å²) in [5, 5.41) is -0.161. The zero-order chi connectivity index (χ0) is 13.2. The molecular weight excluding hydrogens is 265 g/mol. The Labute approximate surface area is 99.4 Å². The van der Waals surface area contributed by atoms with Crippen LogP contribution in [0.2, 0.25) is 5.02 Å². The number of benzene rings is 1. The van der Waals surface area contributed by atoms with Crippen molar-refractivity contribution in [2.45, 2.75) is 18.5 Å². The summed E-state index contributed by atoms with van der Waals surface area (Å²) in [6.45, 7) is -0.567. The topological polar surface area (TPSA) is 26.0 Å². The molecule has 0 aliphatic rings. The Morgan fingerprint density at radius 2 is 1.82 bits per heavy atom. The first kappa shape index (κ1) is 14.2. The minimum atomic E-state index is -4.73. The summed E-state index contributed by atoms with van der Waals surface area (Å²) < 4.78 is 63.1. The Morgan fingerprint density at radius 3 is 2.24 bits per heavy atom. The van der Waals surface area contributed by atoms with Gasteiger partial charge in [-0.15, -0.1) is 0 Å². The number of nitrogens with two attached hydrogens (primary N) is 1. The zero-order valence-electron chi connectivity index (χ0n) is 8.44. The van der Waals surface area contributed by atoms with Crippen molar-refractivity contribution < 1.29 is 22.0 Å². The molecule has 7 heteroatoms. The van der Waals surface area contributed by atoms with Crippen LogP contribution in [0.25, 0.3) is 0 Å². The molecule has 1 rings (SSSR count). The van der Waals surface area contributed by atoms with Gasteiger partial charge >= 0.3 is 6.18 Å². The van der Waals surface area contributed by atoms with E-state index in [1.165, 1.54) is 0 Å². The van der Waals surface area contributed by atoms with Crippen molar-refractivity contribution in [3.8, 4) is 0 Å². The molecule has 1 unspecified atom stereocenters. The summed E-state index contributed by atoms with van der Waals surface area (Å²) >= 11 is 5.43. The number of alkyl halides is 5. The maximum Gasteiger partial charge on any atom is 0.416 e. The predicted molar refractivity (Wildman–Crippen MR) is 54.3 cm³/mol. The van der Waals surface area contributed by atoms with Crippen LogP contribution in [0.3, 0.4) is 0 Å². The average Bonchev–Trinajstić information content (AvgIpc) is 2.19. The molecule has 1 nitrogen and oxygen atoms in total. The first-order valence-electron chi connectivity index (χ1n) is 4.62. The normalized spacial score (nSPS) is 14.1. The Balaban J connectivity index is 3.32. The summed E-state index contributed by atoms with van der Waals surface area (Å²) in [4.78, 5) is 0. The van der Waals surface area contributed by atoms with Crippen LogP contribution in [0.4, 0.5) is 22.0 Å². The highest BCUT2D eigenvalue weighted by Crippen LogP contribution is 2.38. The van der Waals surface area contributed by atoms with Gasteiger partial charge in [-0.2, -0.15) is 13.2 Å². The standard InChI is InChI=1S/C10H9ClF5N/c11-5-1-2-6(7(4-17)9(12)13)8(3-5)10(14,15)16/h1-3,7,9H,4,17H2. The molecule has 17 heavy (non-hydrogen) atoms. The van der Waals surface area contributed by atoms with E-state index in [9.17, 15) is 22.0 Å². The van der Waals surface area contributed by atoms with E-state index in [4.69, 9.17) is 17.3 Å². The minimum Gasteiger partial charge on any atom is -0.330 e. The molecule has 1 atom stereocenters. The highest BCUT2D eigenvalue weighted by atomic mass is 35.5. The van der Waals surface area contributed by atoms with Gasteiger partial charge in [0.05, 0.1) is 11.5 Å². The van der Waals surface area contributed by atoms with E-state index in [0.717, 1.165) is 12.1 Å². The SMILES string of the molecule is NCC(c1ccc(Cl)cc1C(F)(F)F)C(F)F. The number of rotatable bonds is 3. The molecule has 96 valence electrons. The molecule has 0 saturated carbocycles. The second kappa shape index (κ2) is 5.18. The third-order valence-corrected chi connectivity index (χ3v) is 2.51. The van der Waals surface area contributed by atoms with Crippen LogP contribution in [-0.4, -0.2) is 13.0 Å². The van der Waals surface area contributed by atoms with Gasteiger partial charge in [-0.25, -0.2) is 8.78 Å². The van der Waals surface area contributed by atoms with Gasteiger partial charge in [-0.3, -0.25) is 0 Å². The van der Waals surface area contributed by atoms with Crippen molar-refractivity contribution in [2.24, 2.45) is 5.73 Å². The van der Waals surface area contributed by atoms with Gasteiger partial charge < -0.3 is 5.73 Å². The Hall–Kier alpha value is -0.880. The fraction of sp³-hybridized carbons (Fsp3) is 0.400. The summed E-state index contributed by atoms with van der Waals surface area (Å²) in [6, 6.07) is 2.70. The second-order valence-corrected chi connectivity index (χ2v) is 3.84. The molecule has 1 aromatic carbocycles. The van der Waals surface area contributed by atoms with Gasteiger partial charge in [-0.05, 0) is 17.7 Å². The molecule has 0 bridgehead atoms. The van der Waals surface area contributed by atoms with Crippen LogP contribution in [-0.2, 0) is 6.18 Å². The zero-order valence-corrected chi connectivity index (χ0v) is 9.19. The monoisotopic (exact) mass is 273 g/mol. The molecule has 0 fully saturated rings. The average molecular weight is 274 g/mol. The highest BCUT2D eigenvalue weighted by Gasteiger charge is 2.37. The molecule has 2 N–H and O–H groups in total. The Morgan fingerprint density at radius 1 is 1.24 bits per heavy atom. The maximum absolute atomic E-state index is 12.6. The predicted octanol–water partition coefficient (Wildman–Crippen LogP) is 3.67. The third-order valence-electron chi connectivity index (χ3n) is 2.28. The summed E-state index contributed by atoms with van der Waals surface area (Å²) in [6.07, 6.45) is -7.69. The van der Waals surface area contributed by atoms with Crippen LogP contribution in [0, 0.1) is 0 Å². The quantitative estimate of drug-likeness (QED) is 0.836. The fourth-order valence-corrected chi connectivity index (χ4v) is 1.64. The van der Waals surface area contributed by atoms with E-state index in [1.807, 2.05) is 0 Å². The molecule has 0 spiro atoms. The van der Waals surface area contributed by atoms with Gasteiger partial charge in [0.2, 0.25) is 6.43 Å². The summed E-state index contributed by atoms with van der Waals surface area (Å²) in [5.74, 6) is -1.65. The fourth-order valence-electron chi connectivity index (χ4n) is 1.46. The number of hydrogen-bond acceptors (Lipinski definition) is 1. The van der Waals surface area contributed by atoms with E-state index < -0.39 is 36.2 Å². The highest BCUT2D eigenvalue weighted by molar-refractivity contribution is 6.30. The molecule has 0 saturated heterocycles. The van der Waals surface area contributed by atoms with E-state index in [0.29, 0.717) is 6.07 Å². The largest absolute Gasteiger partial charge is 0.416 e. The lowest BCUT2D eigenvalue weighted by atomic mass is 9.94. The summed E-state index contributed by atoms with van der Waals surface area (Å²) in [7, 11) is 0. The van der Waals surface area contributed by atoms with Crippen LogP contribution in [0.1, 0.15) is 17.0 Å². The van der Waals surface area contributed by atoms with E-state index in [-0.39, 0.29) is 5.02 Å². The molecular formula is C10H9ClF5N. The van der Waals surface area contributed by atoms with Crippen LogP contribution < -0.4 is 5.73 Å². The Kier molecular flexibility index (Phi) is 4.32. The van der Waals surface area contributed by atoms with Crippen LogP contribution >= 0.6 is 11.6 Å². The smallest absolute Gasteiger partial charge is 0.330 e. The molecule has 1 aromatic rings. The van der Waals surface area contributed by atoms with Gasteiger partial charge in [0, 0.05) is 11.6 Å². The number of halogens is 6. The van der Waals surface area contributed by atoms with Gasteiger partial charge in [0.1, 0.15) is 0 Å². The number of hydrogen-bond donors (Lipinski definition) is 1.